The van der Waals surface area contributed by atoms with Crippen LogP contribution in [-0.2, 0) is 22.5 Å². The molecular weight excluding hydrogens is 486 g/mol. The van der Waals surface area contributed by atoms with Crippen molar-refractivity contribution in [3.05, 3.63) is 22.6 Å². The fourth-order valence-electron chi connectivity index (χ4n) is 5.29. The minimum absolute atomic E-state index is 0.175. The highest BCUT2D eigenvalue weighted by Crippen LogP contribution is 2.48. The topological polar surface area (TPSA) is 105 Å². The molecule has 0 aromatic carbocycles. The SMILES string of the molecule is CC(=O)Oc1ccn([C@H]2C[C@@H]3O[Si](C(C)C)(C(C)C)O[Si](C(C)C)(C(C)C)OC[C@H]3O2)c(=O)c1O. The van der Waals surface area contributed by atoms with E-state index in [1.54, 1.807) is 0 Å². The maximum Gasteiger partial charge on any atom is 0.335 e. The smallest absolute Gasteiger partial charge is 0.335 e. The van der Waals surface area contributed by atoms with Gasteiger partial charge in [0.2, 0.25) is 5.75 Å². The van der Waals surface area contributed by atoms with Crippen LogP contribution in [0.4, 0.5) is 0 Å². The lowest BCUT2D eigenvalue weighted by molar-refractivity contribution is -0.132. The Morgan fingerprint density at radius 2 is 1.60 bits per heavy atom. The van der Waals surface area contributed by atoms with Crippen molar-refractivity contribution >= 4 is 23.1 Å². The number of ether oxygens (including phenoxy) is 2. The van der Waals surface area contributed by atoms with Crippen molar-refractivity contribution in [2.24, 2.45) is 0 Å². The molecule has 2 saturated heterocycles. The van der Waals surface area contributed by atoms with Gasteiger partial charge >= 0.3 is 23.1 Å². The molecule has 11 heteroatoms. The Hall–Kier alpha value is -1.51. The number of aromatic hydroxyl groups is 1. The van der Waals surface area contributed by atoms with E-state index in [0.717, 1.165) is 0 Å². The fraction of sp³-hybridized carbons (Fsp3) is 0.750. The lowest BCUT2D eigenvalue weighted by Gasteiger charge is -2.51. The molecule has 2 aliphatic heterocycles. The molecule has 0 saturated carbocycles. The first kappa shape index (κ1) is 28.1. The molecule has 9 nitrogen and oxygen atoms in total. The largest absolute Gasteiger partial charge is 0.500 e. The second kappa shape index (κ2) is 10.5. The summed E-state index contributed by atoms with van der Waals surface area (Å²) in [7, 11) is -5.47. The van der Waals surface area contributed by atoms with E-state index < -0.39 is 40.6 Å². The van der Waals surface area contributed by atoms with Crippen LogP contribution in [0.1, 0.15) is 75.0 Å². The second-order valence-electron chi connectivity index (χ2n) is 10.8. The Labute approximate surface area is 210 Å². The maximum absolute atomic E-state index is 12.9. The lowest BCUT2D eigenvalue weighted by atomic mass is 10.2. The fourth-order valence-corrected chi connectivity index (χ4v) is 16.5. The summed E-state index contributed by atoms with van der Waals surface area (Å²) in [5.41, 5.74) is 0.117. The van der Waals surface area contributed by atoms with Crippen LogP contribution >= 0.6 is 0 Å². The molecule has 0 radical (unpaired) electrons. The van der Waals surface area contributed by atoms with E-state index in [2.05, 4.69) is 55.4 Å². The molecule has 0 aliphatic carbocycles. The molecule has 35 heavy (non-hydrogen) atoms. The Morgan fingerprint density at radius 3 is 2.11 bits per heavy atom. The summed E-state index contributed by atoms with van der Waals surface area (Å²) in [4.78, 5) is 24.2. The molecule has 0 amide bonds. The lowest BCUT2D eigenvalue weighted by Crippen LogP contribution is -2.65. The van der Waals surface area contributed by atoms with Gasteiger partial charge in [-0.25, -0.2) is 0 Å². The van der Waals surface area contributed by atoms with Crippen molar-refractivity contribution in [1.82, 2.24) is 4.57 Å². The summed E-state index contributed by atoms with van der Waals surface area (Å²) in [5, 5.41) is 10.3. The highest BCUT2D eigenvalue weighted by Gasteiger charge is 2.60. The third kappa shape index (κ3) is 5.16. The first-order valence-electron chi connectivity index (χ1n) is 12.5. The summed E-state index contributed by atoms with van der Waals surface area (Å²) in [6.45, 7) is 18.8. The molecule has 1 N–H and O–H groups in total. The van der Waals surface area contributed by atoms with Gasteiger partial charge in [-0.3, -0.25) is 14.2 Å². The van der Waals surface area contributed by atoms with Crippen LogP contribution in [0.2, 0.25) is 22.2 Å². The summed E-state index contributed by atoms with van der Waals surface area (Å²) in [6, 6.07) is 1.39. The molecule has 2 aliphatic rings. The predicted molar refractivity (Wildman–Crippen MR) is 136 cm³/mol. The van der Waals surface area contributed by atoms with Crippen molar-refractivity contribution < 1.29 is 32.3 Å². The van der Waals surface area contributed by atoms with Gasteiger partial charge in [-0.1, -0.05) is 55.4 Å². The zero-order valence-corrected chi connectivity index (χ0v) is 24.4. The second-order valence-corrected chi connectivity index (χ2v) is 19.7. The number of hydrogen-bond donors (Lipinski definition) is 1. The number of pyridine rings is 1. The minimum Gasteiger partial charge on any atom is -0.500 e. The minimum atomic E-state index is -2.79. The molecule has 1 aromatic rings. The van der Waals surface area contributed by atoms with Gasteiger partial charge in [0.25, 0.3) is 5.56 Å². The first-order chi connectivity index (χ1) is 16.2. The van der Waals surface area contributed by atoms with Gasteiger partial charge < -0.3 is 27.5 Å². The summed E-state index contributed by atoms with van der Waals surface area (Å²) < 4.78 is 33.5. The summed E-state index contributed by atoms with van der Waals surface area (Å²) in [5.74, 6) is -1.42. The van der Waals surface area contributed by atoms with Gasteiger partial charge in [0, 0.05) is 25.6 Å². The van der Waals surface area contributed by atoms with Crippen molar-refractivity contribution in [2.75, 3.05) is 6.61 Å². The molecule has 1 aromatic heterocycles. The Bertz CT molecular complexity index is 961. The normalized spacial score (nSPS) is 26.1. The van der Waals surface area contributed by atoms with E-state index in [0.29, 0.717) is 13.0 Å². The Kier molecular flexibility index (Phi) is 8.39. The molecular formula is C24H41NO8Si2. The van der Waals surface area contributed by atoms with Crippen LogP contribution in [0.15, 0.2) is 17.1 Å². The van der Waals surface area contributed by atoms with Crippen molar-refractivity contribution in [3.63, 3.8) is 0 Å². The van der Waals surface area contributed by atoms with Gasteiger partial charge in [-0.15, -0.1) is 0 Å². The number of aromatic nitrogens is 1. The molecule has 0 spiro atoms. The number of carbonyl (C=O) groups is 1. The third-order valence-electron chi connectivity index (χ3n) is 7.15. The number of nitrogens with zero attached hydrogens (tertiary/aromatic N) is 1. The van der Waals surface area contributed by atoms with Crippen molar-refractivity contribution in [2.45, 2.75) is 109 Å². The van der Waals surface area contributed by atoms with E-state index >= 15 is 0 Å². The molecule has 2 fully saturated rings. The van der Waals surface area contributed by atoms with Crippen molar-refractivity contribution in [3.8, 4) is 11.5 Å². The standard InChI is InChI=1S/C24H41NO8Si2/c1-14(2)34(15(3)4)29-13-21-20(32-35(33-34,16(5)6)17(7)8)12-22(31-21)25-11-10-19(30-18(9)26)23(27)24(25)28/h10-11,14-17,20-22,27H,12-13H2,1-9H3/t20-,21+,22+/m0/s1. The van der Waals surface area contributed by atoms with E-state index in [9.17, 15) is 14.7 Å². The summed E-state index contributed by atoms with van der Waals surface area (Å²) >= 11 is 0. The van der Waals surface area contributed by atoms with Crippen LogP contribution in [0, 0.1) is 0 Å². The van der Waals surface area contributed by atoms with Gasteiger partial charge in [0.1, 0.15) is 12.3 Å². The van der Waals surface area contributed by atoms with Crippen LogP contribution in [0.25, 0.3) is 0 Å². The van der Waals surface area contributed by atoms with Crippen LogP contribution in [0.3, 0.4) is 0 Å². The monoisotopic (exact) mass is 527 g/mol. The number of rotatable bonds is 6. The average Bonchev–Trinajstić information content (AvgIpc) is 3.12. The first-order valence-corrected chi connectivity index (χ1v) is 16.5. The highest BCUT2D eigenvalue weighted by atomic mass is 28.5. The Morgan fingerprint density at radius 1 is 1.03 bits per heavy atom. The van der Waals surface area contributed by atoms with Crippen molar-refractivity contribution in [1.29, 1.82) is 0 Å². The molecule has 0 unspecified atom stereocenters. The van der Waals surface area contributed by atoms with Gasteiger partial charge in [0.05, 0.1) is 12.7 Å². The average molecular weight is 528 g/mol. The van der Waals surface area contributed by atoms with Gasteiger partial charge in [-0.05, 0) is 22.2 Å². The number of esters is 1. The number of hydrogen-bond acceptors (Lipinski definition) is 8. The molecule has 3 rings (SSSR count). The van der Waals surface area contributed by atoms with E-state index in [-0.39, 0.29) is 40.1 Å². The highest BCUT2D eigenvalue weighted by molar-refractivity contribution is 6.83. The van der Waals surface area contributed by atoms with Gasteiger partial charge in [0.15, 0.2) is 5.75 Å². The summed E-state index contributed by atoms with van der Waals surface area (Å²) in [6.07, 6.45) is 0.537. The zero-order chi connectivity index (χ0) is 26.3. The third-order valence-corrected chi connectivity index (χ3v) is 17.4. The van der Waals surface area contributed by atoms with Crippen LogP contribution in [0.5, 0.6) is 11.5 Å². The molecule has 0 bridgehead atoms. The van der Waals surface area contributed by atoms with E-state index in [4.69, 9.17) is 22.4 Å². The molecule has 198 valence electrons. The van der Waals surface area contributed by atoms with Gasteiger partial charge in [-0.2, -0.15) is 0 Å². The molecule has 3 heterocycles. The zero-order valence-electron chi connectivity index (χ0n) is 22.4. The Balaban J connectivity index is 2.00. The number of carbonyl (C=O) groups excluding carboxylic acids is 1. The van der Waals surface area contributed by atoms with E-state index in [1.165, 1.54) is 23.8 Å². The van der Waals surface area contributed by atoms with E-state index in [1.807, 2.05) is 0 Å². The van der Waals surface area contributed by atoms with Crippen LogP contribution < -0.4 is 10.3 Å². The predicted octanol–water partition coefficient (Wildman–Crippen LogP) is 4.72. The molecule has 3 atom stereocenters. The number of fused-ring (bicyclic) bond motifs is 1. The quantitative estimate of drug-likeness (QED) is 0.418. The van der Waals surface area contributed by atoms with Crippen LogP contribution in [-0.4, -0.2) is 51.6 Å². The maximum atomic E-state index is 12.9.